The molecule has 0 radical (unpaired) electrons. The topological polar surface area (TPSA) is 29.6 Å². The first kappa shape index (κ1) is 52.6. The molecule has 15 aromatic carbocycles. The molecule has 6 aromatic heterocycles. The Morgan fingerprint density at radius 3 is 0.660 bits per heavy atom. The van der Waals surface area contributed by atoms with Crippen molar-refractivity contribution < 1.29 is 0 Å². The summed E-state index contributed by atoms with van der Waals surface area (Å²) in [5.41, 5.74) is 26.0. The molecule has 97 heavy (non-hydrogen) atoms. The normalized spacial score (nSPS) is 12.5. The van der Waals surface area contributed by atoms with Crippen LogP contribution in [0, 0.1) is 0 Å². The molecule has 0 amide bonds. The summed E-state index contributed by atoms with van der Waals surface area (Å²) in [6, 6.07) is 126. The van der Waals surface area contributed by atoms with Gasteiger partial charge in [0.25, 0.3) is 0 Å². The molecule has 1 aliphatic heterocycles. The van der Waals surface area contributed by atoms with E-state index >= 15 is 0 Å². The Morgan fingerprint density at radius 1 is 0.165 bits per heavy atom. The third-order valence-corrected chi connectivity index (χ3v) is 21.5. The summed E-state index contributed by atoms with van der Waals surface area (Å²) >= 11 is 0. The van der Waals surface area contributed by atoms with Crippen LogP contribution in [0.25, 0.3) is 176 Å². The van der Waals surface area contributed by atoms with Gasteiger partial charge in [-0.05, 0) is 102 Å². The van der Waals surface area contributed by atoms with Crippen LogP contribution < -0.4 is 16.4 Å². The Bertz CT molecular complexity index is 6410. The lowest BCUT2D eigenvalue weighted by Gasteiger charge is -2.33. The highest BCUT2D eigenvalue weighted by Gasteiger charge is 2.43. The van der Waals surface area contributed by atoms with Gasteiger partial charge in [-0.25, -0.2) is 0 Å². The van der Waals surface area contributed by atoms with Gasteiger partial charge in [0.05, 0.1) is 94.6 Å². The number of hydrogen-bond donors (Lipinski definition) is 0. The van der Waals surface area contributed by atoms with Crippen LogP contribution in [0.15, 0.2) is 334 Å². The lowest BCUT2D eigenvalue weighted by molar-refractivity contribution is 1.01. The Balaban J connectivity index is 1.09. The maximum absolute atomic E-state index is 2.69. The highest BCUT2D eigenvalue weighted by molar-refractivity contribution is 7.00. The van der Waals surface area contributed by atoms with Gasteiger partial charge in [0.15, 0.2) is 0 Å². The average molecular weight is 1230 g/mol. The van der Waals surface area contributed by atoms with Gasteiger partial charge in [0.1, 0.15) is 0 Å². The SMILES string of the molecule is c1ccc2c(c1)B(c1c(-n3c4ccccc4c4ccccc43)c(-n3c4ccccc4c4ccccc43)c(-n3c4ccccc4c4cc(-n5c6ccccc6c6ccccc65)ccc43)c(-n3c4ccccc4c4ccccc43)c1-n1c3ccccc3c3ccccc31)c1ccccc1-2. The van der Waals surface area contributed by atoms with Gasteiger partial charge >= 0.3 is 0 Å². The fourth-order valence-corrected chi connectivity index (χ4v) is 17.7. The Hall–Kier alpha value is -12.8. The maximum atomic E-state index is 2.69. The highest BCUT2D eigenvalue weighted by atomic mass is 15.2. The summed E-state index contributed by atoms with van der Waals surface area (Å²) in [4.78, 5) is 0. The second-order valence-corrected chi connectivity index (χ2v) is 26.2. The van der Waals surface area contributed by atoms with Crippen molar-refractivity contribution >= 4 is 154 Å². The number of fused-ring (bicyclic) bond motifs is 21. The van der Waals surface area contributed by atoms with E-state index in [2.05, 4.69) is 361 Å². The van der Waals surface area contributed by atoms with E-state index in [4.69, 9.17) is 0 Å². The van der Waals surface area contributed by atoms with Crippen molar-refractivity contribution in [3.8, 4) is 45.3 Å². The van der Waals surface area contributed by atoms with E-state index in [9.17, 15) is 0 Å². The van der Waals surface area contributed by atoms with Crippen molar-refractivity contribution in [1.29, 1.82) is 0 Å². The number of rotatable bonds is 7. The largest absolute Gasteiger partial charge is 0.309 e. The summed E-state index contributed by atoms with van der Waals surface area (Å²) in [5, 5.41) is 14.2. The van der Waals surface area contributed by atoms with E-state index in [-0.39, 0.29) is 6.71 Å². The molecule has 1 aliphatic rings. The van der Waals surface area contributed by atoms with Crippen LogP contribution in [-0.2, 0) is 0 Å². The maximum Gasteiger partial charge on any atom is 0.248 e. The lowest BCUT2D eigenvalue weighted by atomic mass is 9.38. The van der Waals surface area contributed by atoms with E-state index in [1.807, 2.05) is 0 Å². The van der Waals surface area contributed by atoms with Crippen LogP contribution in [0.4, 0.5) is 0 Å². The summed E-state index contributed by atoms with van der Waals surface area (Å²) in [6.45, 7) is -0.322. The molecular weight excluding hydrogens is 1180 g/mol. The predicted molar refractivity (Wildman–Crippen MR) is 409 cm³/mol. The van der Waals surface area contributed by atoms with E-state index < -0.39 is 0 Å². The van der Waals surface area contributed by atoms with Crippen LogP contribution in [-0.4, -0.2) is 34.1 Å². The van der Waals surface area contributed by atoms with Crippen LogP contribution in [0.3, 0.4) is 0 Å². The second kappa shape index (κ2) is 19.9. The molecule has 0 saturated heterocycles. The fourth-order valence-electron chi connectivity index (χ4n) is 17.7. The Morgan fingerprint density at radius 2 is 0.371 bits per heavy atom. The molecule has 0 atom stereocenters. The zero-order chi connectivity index (χ0) is 63.1. The van der Waals surface area contributed by atoms with Gasteiger partial charge in [-0.3, -0.25) is 0 Å². The van der Waals surface area contributed by atoms with Crippen molar-refractivity contribution in [1.82, 2.24) is 27.4 Å². The van der Waals surface area contributed by atoms with Crippen molar-refractivity contribution in [3.63, 3.8) is 0 Å². The molecule has 6 nitrogen and oxygen atoms in total. The molecule has 7 heterocycles. The minimum atomic E-state index is -0.322. The molecule has 0 saturated carbocycles. The van der Waals surface area contributed by atoms with Gasteiger partial charge in [-0.2, -0.15) is 0 Å². The van der Waals surface area contributed by atoms with Gasteiger partial charge in [-0.1, -0.05) is 260 Å². The number of benzene rings is 15. The second-order valence-electron chi connectivity index (χ2n) is 26.2. The van der Waals surface area contributed by atoms with Gasteiger partial charge in [-0.15, -0.1) is 0 Å². The summed E-state index contributed by atoms with van der Waals surface area (Å²) in [6.07, 6.45) is 0. The predicted octanol–water partition coefficient (Wildman–Crippen LogP) is 20.8. The van der Waals surface area contributed by atoms with Gasteiger partial charge in [0.2, 0.25) is 6.71 Å². The van der Waals surface area contributed by atoms with E-state index in [0.29, 0.717) is 0 Å². The van der Waals surface area contributed by atoms with Crippen LogP contribution in [0.2, 0.25) is 0 Å². The van der Waals surface area contributed by atoms with Crippen LogP contribution in [0.1, 0.15) is 0 Å². The summed E-state index contributed by atoms with van der Waals surface area (Å²) in [5.74, 6) is 0. The summed E-state index contributed by atoms with van der Waals surface area (Å²) < 4.78 is 15.9. The smallest absolute Gasteiger partial charge is 0.248 e. The Kier molecular flexibility index (Phi) is 10.8. The first-order valence-corrected chi connectivity index (χ1v) is 33.6. The third-order valence-electron chi connectivity index (χ3n) is 21.5. The molecule has 7 heteroatoms. The van der Waals surface area contributed by atoms with Crippen LogP contribution in [0.5, 0.6) is 0 Å². The molecular formula is C90H55BN6. The molecule has 0 fully saturated rings. The average Bonchev–Trinajstić information content (AvgIpc) is 1.57. The Labute approximate surface area is 556 Å². The molecule has 448 valence electrons. The zero-order valence-corrected chi connectivity index (χ0v) is 52.5. The van der Waals surface area contributed by atoms with Gasteiger partial charge < -0.3 is 27.4 Å². The molecule has 22 rings (SSSR count). The quantitative estimate of drug-likeness (QED) is 0.142. The molecule has 0 unspecified atom stereocenters. The number of aromatic nitrogens is 6. The highest BCUT2D eigenvalue weighted by Crippen LogP contribution is 2.51. The third kappa shape index (κ3) is 7.03. The van der Waals surface area contributed by atoms with E-state index in [0.717, 1.165) is 100 Å². The van der Waals surface area contributed by atoms with Crippen molar-refractivity contribution in [2.45, 2.75) is 0 Å². The monoisotopic (exact) mass is 1230 g/mol. The minimum absolute atomic E-state index is 0.322. The molecule has 0 bridgehead atoms. The molecule has 0 N–H and O–H groups in total. The number of hydrogen-bond acceptors (Lipinski definition) is 0. The molecule has 0 spiro atoms. The number of nitrogens with zero attached hydrogens (tertiary/aromatic N) is 6. The number of para-hydroxylation sites is 11. The lowest BCUT2D eigenvalue weighted by Crippen LogP contribution is -2.52. The van der Waals surface area contributed by atoms with E-state index in [1.165, 1.54) is 92.4 Å². The minimum Gasteiger partial charge on any atom is -0.309 e. The van der Waals surface area contributed by atoms with Crippen molar-refractivity contribution in [2.24, 2.45) is 0 Å². The first-order valence-electron chi connectivity index (χ1n) is 33.6. The molecule has 0 aliphatic carbocycles. The summed E-state index contributed by atoms with van der Waals surface area (Å²) in [7, 11) is 0. The van der Waals surface area contributed by atoms with Gasteiger partial charge in [0, 0.05) is 70.3 Å². The van der Waals surface area contributed by atoms with Crippen LogP contribution >= 0.6 is 0 Å². The molecule has 21 aromatic rings. The standard InChI is InChI=1S/C90H55BN6/c1-14-40-71-57(27-1)58-28-2-15-41-72(58)91(71)85-86(93-75-44-18-5-31-61(75)62-32-6-19-45-76(62)93)88(95-79-48-22-9-35-65(79)66-36-10-23-49-80(66)95)90(97-83-52-26-13-39-69(83)70-55-56(53-54-84(70)97)92-73-42-16-3-29-59(73)60-30-4-17-43-74(60)92)89(96-81-50-24-11-37-67(81)68-38-12-25-51-82(68)96)87(85)94-77-46-20-7-33-63(77)64-34-8-21-47-78(64)94/h1-55H. The first-order chi connectivity index (χ1) is 48.2. The fraction of sp³-hybridized carbons (Fsp3) is 0. The van der Waals surface area contributed by atoms with E-state index in [1.54, 1.807) is 0 Å². The van der Waals surface area contributed by atoms with Crippen molar-refractivity contribution in [3.05, 3.63) is 334 Å². The van der Waals surface area contributed by atoms with Crippen molar-refractivity contribution in [2.75, 3.05) is 0 Å². The zero-order valence-electron chi connectivity index (χ0n) is 52.5.